The Kier molecular flexibility index (Phi) is 6.38. The highest BCUT2D eigenvalue weighted by molar-refractivity contribution is 7.13. The summed E-state index contributed by atoms with van der Waals surface area (Å²) in [5, 5.41) is 8.98. The summed E-state index contributed by atoms with van der Waals surface area (Å²) < 4.78 is 18.3. The molecule has 1 aliphatic heterocycles. The number of aromatic nitrogens is 2. The second kappa shape index (κ2) is 9.36. The molecule has 2 aromatic heterocycles. The molecule has 4 rings (SSSR count). The van der Waals surface area contributed by atoms with Crippen molar-refractivity contribution in [2.24, 2.45) is 0 Å². The van der Waals surface area contributed by atoms with Gasteiger partial charge in [0.15, 0.2) is 5.82 Å². The van der Waals surface area contributed by atoms with E-state index in [0.29, 0.717) is 54.0 Å². The Morgan fingerprint density at radius 3 is 2.74 bits per heavy atom. The van der Waals surface area contributed by atoms with Crippen LogP contribution in [0.25, 0.3) is 10.6 Å². The molecule has 1 aromatic carbocycles. The number of anilines is 1. The molecule has 3 heterocycles. The molecule has 0 spiro atoms. The Morgan fingerprint density at radius 1 is 1.23 bits per heavy atom. The molecule has 0 bridgehead atoms. The number of nitrogens with zero attached hydrogens (tertiary/aromatic N) is 4. The van der Waals surface area contributed by atoms with Crippen molar-refractivity contribution >= 4 is 29.0 Å². The predicted molar refractivity (Wildman–Crippen MR) is 114 cm³/mol. The number of nitrogens with one attached hydrogen (secondary N) is 1. The highest BCUT2D eigenvalue weighted by atomic mass is 32.1. The quantitative estimate of drug-likeness (QED) is 0.630. The number of thiazole rings is 1. The van der Waals surface area contributed by atoms with Gasteiger partial charge in [0, 0.05) is 43.2 Å². The molecule has 0 aliphatic carbocycles. The average Bonchev–Trinajstić information content (AvgIpc) is 3.37. The van der Waals surface area contributed by atoms with E-state index in [1.807, 2.05) is 10.3 Å². The number of rotatable bonds is 6. The Labute approximate surface area is 182 Å². The first-order valence-corrected chi connectivity index (χ1v) is 10.8. The number of halogens is 1. The van der Waals surface area contributed by atoms with Crippen LogP contribution < -0.4 is 5.32 Å². The minimum Gasteiger partial charge on any atom is -0.360 e. The van der Waals surface area contributed by atoms with Crippen LogP contribution in [0.4, 0.5) is 10.2 Å². The SMILES string of the molecule is Cc1cc(NC(=O)CN2CCN(C(=O)Cc3csc(-c4cccc(F)c4)n3)CC2)no1. The van der Waals surface area contributed by atoms with E-state index in [2.05, 4.69) is 15.5 Å². The second-order valence-corrected chi connectivity index (χ2v) is 8.22. The molecule has 3 aromatic rings. The summed E-state index contributed by atoms with van der Waals surface area (Å²) in [6, 6.07) is 7.92. The largest absolute Gasteiger partial charge is 0.360 e. The smallest absolute Gasteiger partial charge is 0.239 e. The number of amides is 2. The third-order valence-corrected chi connectivity index (χ3v) is 5.88. The minimum atomic E-state index is -0.312. The number of carbonyl (C=O) groups excluding carboxylic acids is 2. The maximum atomic E-state index is 13.4. The number of benzene rings is 1. The van der Waals surface area contributed by atoms with Crippen LogP contribution in [-0.2, 0) is 16.0 Å². The van der Waals surface area contributed by atoms with Gasteiger partial charge >= 0.3 is 0 Å². The maximum Gasteiger partial charge on any atom is 0.239 e. The lowest BCUT2D eigenvalue weighted by molar-refractivity contribution is -0.132. The van der Waals surface area contributed by atoms with Gasteiger partial charge < -0.3 is 14.7 Å². The number of piperazine rings is 1. The summed E-state index contributed by atoms with van der Waals surface area (Å²) in [6.45, 7) is 4.32. The van der Waals surface area contributed by atoms with Crippen LogP contribution in [-0.4, -0.2) is 64.5 Å². The van der Waals surface area contributed by atoms with Crippen molar-refractivity contribution in [1.82, 2.24) is 19.9 Å². The van der Waals surface area contributed by atoms with Gasteiger partial charge in [-0.25, -0.2) is 9.37 Å². The van der Waals surface area contributed by atoms with Gasteiger partial charge in [0.1, 0.15) is 16.6 Å². The molecule has 1 N–H and O–H groups in total. The molecule has 0 unspecified atom stereocenters. The molecule has 0 radical (unpaired) electrons. The van der Waals surface area contributed by atoms with Gasteiger partial charge in [-0.05, 0) is 19.1 Å². The lowest BCUT2D eigenvalue weighted by Gasteiger charge is -2.34. The number of carbonyl (C=O) groups is 2. The van der Waals surface area contributed by atoms with Crippen molar-refractivity contribution in [3.8, 4) is 10.6 Å². The lowest BCUT2D eigenvalue weighted by atomic mass is 10.2. The average molecular weight is 444 g/mol. The predicted octanol–water partition coefficient (Wildman–Crippen LogP) is 2.57. The van der Waals surface area contributed by atoms with Crippen LogP contribution in [0.1, 0.15) is 11.5 Å². The Balaban J connectivity index is 1.24. The third-order valence-electron chi connectivity index (χ3n) is 4.94. The molecular formula is C21H22FN5O3S. The third kappa shape index (κ3) is 5.53. The summed E-state index contributed by atoms with van der Waals surface area (Å²) in [5.74, 6) is 0.550. The molecule has 0 atom stereocenters. The van der Waals surface area contributed by atoms with Crippen molar-refractivity contribution in [2.45, 2.75) is 13.3 Å². The van der Waals surface area contributed by atoms with Gasteiger partial charge in [0.2, 0.25) is 11.8 Å². The van der Waals surface area contributed by atoms with E-state index in [4.69, 9.17) is 4.52 Å². The number of hydrogen-bond donors (Lipinski definition) is 1. The van der Waals surface area contributed by atoms with Gasteiger partial charge in [-0.3, -0.25) is 14.5 Å². The van der Waals surface area contributed by atoms with Gasteiger partial charge in [-0.2, -0.15) is 0 Å². The van der Waals surface area contributed by atoms with Crippen molar-refractivity contribution in [3.05, 3.63) is 53.0 Å². The molecule has 1 saturated heterocycles. The van der Waals surface area contributed by atoms with Crippen molar-refractivity contribution in [2.75, 3.05) is 38.0 Å². The van der Waals surface area contributed by atoms with Crippen LogP contribution in [0.2, 0.25) is 0 Å². The second-order valence-electron chi connectivity index (χ2n) is 7.36. The van der Waals surface area contributed by atoms with Gasteiger partial charge in [-0.1, -0.05) is 17.3 Å². The van der Waals surface area contributed by atoms with E-state index >= 15 is 0 Å². The molecule has 31 heavy (non-hydrogen) atoms. The molecule has 1 fully saturated rings. The highest BCUT2D eigenvalue weighted by Gasteiger charge is 2.23. The Bertz CT molecular complexity index is 1070. The zero-order chi connectivity index (χ0) is 21.8. The standard InChI is InChI=1S/C21H22FN5O3S/c1-14-9-18(25-30-14)24-19(28)12-26-5-7-27(8-6-26)20(29)11-17-13-31-21(23-17)15-3-2-4-16(22)10-15/h2-4,9-10,13H,5-8,11-12H2,1H3,(H,24,25,28). The van der Waals surface area contributed by atoms with E-state index in [-0.39, 0.29) is 30.6 Å². The topological polar surface area (TPSA) is 91.6 Å². The number of hydrogen-bond acceptors (Lipinski definition) is 7. The van der Waals surface area contributed by atoms with Crippen LogP contribution >= 0.6 is 11.3 Å². The van der Waals surface area contributed by atoms with Gasteiger partial charge in [-0.15, -0.1) is 11.3 Å². The first kappa shape index (κ1) is 21.1. The van der Waals surface area contributed by atoms with Gasteiger partial charge in [0.25, 0.3) is 0 Å². The summed E-state index contributed by atoms with van der Waals surface area (Å²) in [7, 11) is 0. The van der Waals surface area contributed by atoms with Crippen molar-refractivity contribution < 1.29 is 18.5 Å². The van der Waals surface area contributed by atoms with E-state index in [0.717, 1.165) is 0 Å². The van der Waals surface area contributed by atoms with Crippen molar-refractivity contribution in [1.29, 1.82) is 0 Å². The summed E-state index contributed by atoms with van der Waals surface area (Å²) >= 11 is 1.40. The molecule has 162 valence electrons. The molecule has 0 saturated carbocycles. The molecule has 1 aliphatic rings. The van der Waals surface area contributed by atoms with Crippen LogP contribution in [0.5, 0.6) is 0 Å². The summed E-state index contributed by atoms with van der Waals surface area (Å²) in [6.07, 6.45) is 0.206. The molecule has 2 amide bonds. The first-order chi connectivity index (χ1) is 15.0. The van der Waals surface area contributed by atoms with E-state index in [9.17, 15) is 14.0 Å². The summed E-state index contributed by atoms with van der Waals surface area (Å²) in [5.41, 5.74) is 1.38. The van der Waals surface area contributed by atoms with Crippen LogP contribution in [0.3, 0.4) is 0 Å². The van der Waals surface area contributed by atoms with Crippen molar-refractivity contribution in [3.63, 3.8) is 0 Å². The first-order valence-electron chi connectivity index (χ1n) is 9.90. The highest BCUT2D eigenvalue weighted by Crippen LogP contribution is 2.24. The van der Waals surface area contributed by atoms with E-state index in [1.165, 1.54) is 23.5 Å². The molecular weight excluding hydrogens is 421 g/mol. The molecule has 8 nitrogen and oxygen atoms in total. The fourth-order valence-electron chi connectivity index (χ4n) is 3.38. The fourth-order valence-corrected chi connectivity index (χ4v) is 4.19. The Morgan fingerprint density at radius 2 is 2.03 bits per heavy atom. The number of aryl methyl sites for hydroxylation is 1. The van der Waals surface area contributed by atoms with Gasteiger partial charge in [0.05, 0.1) is 18.7 Å². The molecule has 10 heteroatoms. The lowest BCUT2D eigenvalue weighted by Crippen LogP contribution is -2.50. The van der Waals surface area contributed by atoms with E-state index in [1.54, 1.807) is 30.0 Å². The van der Waals surface area contributed by atoms with Crippen LogP contribution in [0.15, 0.2) is 40.2 Å². The normalized spacial score (nSPS) is 14.6. The monoisotopic (exact) mass is 443 g/mol. The fraction of sp³-hybridized carbons (Fsp3) is 0.333. The maximum absolute atomic E-state index is 13.4. The minimum absolute atomic E-state index is 0.00161. The van der Waals surface area contributed by atoms with E-state index < -0.39 is 0 Å². The zero-order valence-electron chi connectivity index (χ0n) is 17.0. The Hall–Kier alpha value is -3.11. The van der Waals surface area contributed by atoms with Crippen LogP contribution in [0, 0.1) is 12.7 Å². The zero-order valence-corrected chi connectivity index (χ0v) is 17.8. The summed E-state index contributed by atoms with van der Waals surface area (Å²) in [4.78, 5) is 33.1.